The minimum absolute atomic E-state index is 0.265. The molecule has 0 aliphatic heterocycles. The van der Waals surface area contributed by atoms with Gasteiger partial charge < -0.3 is 9.84 Å². The number of methoxy groups -OCH3 is 1. The summed E-state index contributed by atoms with van der Waals surface area (Å²) in [5.41, 5.74) is 3.97. The molecule has 7 nitrogen and oxygen atoms in total. The number of carbonyl (C=O) groups is 1. The molecule has 1 aromatic carbocycles. The molecular weight excluding hydrogens is 344 g/mol. The smallest absolute Gasteiger partial charge is 0.416 e. The second-order valence-electron chi connectivity index (χ2n) is 6.00. The first-order chi connectivity index (χ1) is 13.1. The highest BCUT2D eigenvalue weighted by Gasteiger charge is 2.23. The molecular formula is C20H16N4O3. The van der Waals surface area contributed by atoms with E-state index in [4.69, 9.17) is 4.74 Å². The van der Waals surface area contributed by atoms with Gasteiger partial charge in [0.15, 0.2) is 0 Å². The van der Waals surface area contributed by atoms with Gasteiger partial charge >= 0.3 is 6.09 Å². The Morgan fingerprint density at radius 3 is 2.56 bits per heavy atom. The van der Waals surface area contributed by atoms with E-state index in [-0.39, 0.29) is 5.88 Å². The Hall–Kier alpha value is -3.74. The van der Waals surface area contributed by atoms with Gasteiger partial charge in [-0.25, -0.2) is 9.36 Å². The minimum Gasteiger partial charge on any atom is -0.479 e. The zero-order valence-corrected chi connectivity index (χ0v) is 14.7. The van der Waals surface area contributed by atoms with E-state index in [0.717, 1.165) is 16.5 Å². The maximum atomic E-state index is 12.1. The standard InChI is InChI=1S/C20H16N4O3/c1-12-14-5-3-4-6-17(14)24(20(25)26)18(12)15-11-16(22-23-19(15)27-2)13-7-9-21-10-8-13/h3-11H,1-2H3,(H,25,26). The van der Waals surface area contributed by atoms with E-state index in [1.807, 2.05) is 37.3 Å². The number of para-hydroxylation sites is 1. The molecule has 1 N–H and O–H groups in total. The molecule has 0 amide bonds. The van der Waals surface area contributed by atoms with Gasteiger partial charge in [-0.15, -0.1) is 10.2 Å². The summed E-state index contributed by atoms with van der Waals surface area (Å²) >= 11 is 0. The maximum Gasteiger partial charge on any atom is 0.416 e. The lowest BCUT2D eigenvalue weighted by Gasteiger charge is -2.11. The summed E-state index contributed by atoms with van der Waals surface area (Å²) in [6, 6.07) is 12.8. The third-order valence-electron chi connectivity index (χ3n) is 4.50. The lowest BCUT2D eigenvalue weighted by molar-refractivity contribution is 0.198. The quantitative estimate of drug-likeness (QED) is 0.594. The molecule has 0 unspecified atom stereocenters. The van der Waals surface area contributed by atoms with Crippen LogP contribution in [0.15, 0.2) is 54.9 Å². The molecule has 0 bridgehead atoms. The van der Waals surface area contributed by atoms with Gasteiger partial charge in [-0.05, 0) is 36.8 Å². The second kappa shape index (κ2) is 6.53. The van der Waals surface area contributed by atoms with Gasteiger partial charge in [0.2, 0.25) is 5.88 Å². The predicted octanol–water partition coefficient (Wildman–Crippen LogP) is 4.00. The van der Waals surface area contributed by atoms with Crippen LogP contribution in [-0.4, -0.2) is 38.1 Å². The molecule has 0 atom stereocenters. The van der Waals surface area contributed by atoms with E-state index >= 15 is 0 Å². The number of hydrogen-bond acceptors (Lipinski definition) is 5. The monoisotopic (exact) mass is 360 g/mol. The highest BCUT2D eigenvalue weighted by atomic mass is 16.5. The van der Waals surface area contributed by atoms with E-state index in [2.05, 4.69) is 15.2 Å². The Morgan fingerprint density at radius 1 is 1.11 bits per heavy atom. The van der Waals surface area contributed by atoms with Crippen molar-refractivity contribution in [1.29, 1.82) is 0 Å². The first-order valence-electron chi connectivity index (χ1n) is 8.27. The van der Waals surface area contributed by atoms with Crippen LogP contribution < -0.4 is 4.74 Å². The highest BCUT2D eigenvalue weighted by molar-refractivity contribution is 5.99. The Bertz CT molecular complexity index is 1150. The molecule has 7 heteroatoms. The Kier molecular flexibility index (Phi) is 4.04. The SMILES string of the molecule is COc1nnc(-c2ccncc2)cc1-c1c(C)c2ccccc2n1C(=O)O. The number of fused-ring (bicyclic) bond motifs is 1. The van der Waals surface area contributed by atoms with Crippen molar-refractivity contribution in [3.63, 3.8) is 0 Å². The Morgan fingerprint density at radius 2 is 1.85 bits per heavy atom. The average molecular weight is 360 g/mol. The normalized spacial score (nSPS) is 10.9. The van der Waals surface area contributed by atoms with Crippen molar-refractivity contribution in [1.82, 2.24) is 19.7 Å². The largest absolute Gasteiger partial charge is 0.479 e. The van der Waals surface area contributed by atoms with Crippen molar-refractivity contribution in [2.45, 2.75) is 6.92 Å². The topological polar surface area (TPSA) is 90.1 Å². The number of pyridine rings is 1. The summed E-state index contributed by atoms with van der Waals surface area (Å²) in [5, 5.41) is 19.1. The van der Waals surface area contributed by atoms with Crippen LogP contribution in [0.4, 0.5) is 4.79 Å². The molecule has 4 aromatic rings. The fourth-order valence-corrected chi connectivity index (χ4v) is 3.29. The maximum absolute atomic E-state index is 12.1. The molecule has 0 saturated heterocycles. The van der Waals surface area contributed by atoms with E-state index in [9.17, 15) is 9.90 Å². The summed E-state index contributed by atoms with van der Waals surface area (Å²) < 4.78 is 6.65. The summed E-state index contributed by atoms with van der Waals surface area (Å²) in [5.74, 6) is 0.265. The fourth-order valence-electron chi connectivity index (χ4n) is 3.29. The van der Waals surface area contributed by atoms with Crippen molar-refractivity contribution in [3.05, 3.63) is 60.4 Å². The van der Waals surface area contributed by atoms with Crippen LogP contribution >= 0.6 is 0 Å². The van der Waals surface area contributed by atoms with Crippen LogP contribution in [-0.2, 0) is 0 Å². The zero-order valence-electron chi connectivity index (χ0n) is 14.7. The number of rotatable bonds is 3. The molecule has 3 heterocycles. The number of benzene rings is 1. The first-order valence-corrected chi connectivity index (χ1v) is 8.27. The van der Waals surface area contributed by atoms with Gasteiger partial charge in [-0.1, -0.05) is 18.2 Å². The summed E-state index contributed by atoms with van der Waals surface area (Å²) in [6.45, 7) is 1.89. The lowest BCUT2D eigenvalue weighted by atomic mass is 10.1. The van der Waals surface area contributed by atoms with Gasteiger partial charge in [-0.2, -0.15) is 0 Å². The number of nitrogens with zero attached hydrogens (tertiary/aromatic N) is 4. The minimum atomic E-state index is -1.07. The molecule has 0 spiro atoms. The van der Waals surface area contributed by atoms with Gasteiger partial charge in [0, 0.05) is 23.3 Å². The van der Waals surface area contributed by atoms with E-state index in [0.29, 0.717) is 22.5 Å². The van der Waals surface area contributed by atoms with Crippen LogP contribution in [0, 0.1) is 6.92 Å². The van der Waals surface area contributed by atoms with E-state index < -0.39 is 6.09 Å². The van der Waals surface area contributed by atoms with Crippen LogP contribution in [0.1, 0.15) is 5.56 Å². The van der Waals surface area contributed by atoms with Crippen LogP contribution in [0.25, 0.3) is 33.4 Å². The molecule has 4 rings (SSSR count). The van der Waals surface area contributed by atoms with Crippen LogP contribution in [0.3, 0.4) is 0 Å². The van der Waals surface area contributed by atoms with Gasteiger partial charge in [0.1, 0.15) is 0 Å². The fraction of sp³-hybridized carbons (Fsp3) is 0.100. The number of aromatic nitrogens is 4. The van der Waals surface area contributed by atoms with E-state index in [1.54, 1.807) is 24.5 Å². The highest BCUT2D eigenvalue weighted by Crippen LogP contribution is 2.38. The summed E-state index contributed by atoms with van der Waals surface area (Å²) in [4.78, 5) is 16.1. The molecule has 0 aliphatic rings. The van der Waals surface area contributed by atoms with Crippen LogP contribution in [0.5, 0.6) is 5.88 Å². The molecule has 0 radical (unpaired) electrons. The van der Waals surface area contributed by atoms with Crippen molar-refractivity contribution in [3.8, 4) is 28.4 Å². The van der Waals surface area contributed by atoms with Gasteiger partial charge in [0.25, 0.3) is 0 Å². The van der Waals surface area contributed by atoms with Crippen molar-refractivity contribution in [2.75, 3.05) is 7.11 Å². The predicted molar refractivity (Wildman–Crippen MR) is 101 cm³/mol. The third-order valence-corrected chi connectivity index (χ3v) is 4.50. The van der Waals surface area contributed by atoms with E-state index in [1.165, 1.54) is 11.7 Å². The first kappa shape index (κ1) is 16.7. The second-order valence-corrected chi connectivity index (χ2v) is 6.00. The summed E-state index contributed by atoms with van der Waals surface area (Å²) in [6.07, 6.45) is 2.26. The van der Waals surface area contributed by atoms with Crippen LogP contribution in [0.2, 0.25) is 0 Å². The molecule has 0 aliphatic carbocycles. The van der Waals surface area contributed by atoms with Crippen molar-refractivity contribution in [2.24, 2.45) is 0 Å². The number of hydrogen-bond donors (Lipinski definition) is 1. The lowest BCUT2D eigenvalue weighted by Crippen LogP contribution is -2.10. The Labute approximate surface area is 154 Å². The third kappa shape index (κ3) is 2.69. The molecule has 0 saturated carbocycles. The molecule has 3 aromatic heterocycles. The molecule has 0 fully saturated rings. The number of carboxylic acid groups (broad SMARTS) is 1. The summed E-state index contributed by atoms with van der Waals surface area (Å²) in [7, 11) is 1.49. The van der Waals surface area contributed by atoms with Gasteiger partial charge in [0.05, 0.1) is 29.6 Å². The Balaban J connectivity index is 2.05. The average Bonchev–Trinajstić information content (AvgIpc) is 3.01. The van der Waals surface area contributed by atoms with Gasteiger partial charge in [-0.3, -0.25) is 4.98 Å². The van der Waals surface area contributed by atoms with Crippen molar-refractivity contribution >= 4 is 17.0 Å². The number of ether oxygens (including phenoxy) is 1. The molecule has 27 heavy (non-hydrogen) atoms. The van der Waals surface area contributed by atoms with Crippen molar-refractivity contribution < 1.29 is 14.6 Å². The molecule has 134 valence electrons. The zero-order chi connectivity index (χ0) is 19.0. The number of aryl methyl sites for hydroxylation is 1.